The molecule has 2 aromatic carbocycles. The standard InChI is InChI=1S/C29H28N6OS/c1-33-14-16-34(17-15-33)24-11-9-23(10-12-24)31-29-30-19-21-8-13-27(36)35(28(21)32-29)20-22-5-2-3-6-25(22)26-7-4-18-37-26/h2-13,18-19H,14-17,20H2,1H3,(H,30,31,32). The molecule has 1 aliphatic heterocycles. The number of fused-ring (bicyclic) bond motifs is 1. The maximum absolute atomic E-state index is 13.0. The summed E-state index contributed by atoms with van der Waals surface area (Å²) in [6.45, 7) is 4.64. The Balaban J connectivity index is 1.28. The van der Waals surface area contributed by atoms with E-state index in [2.05, 4.69) is 75.0 Å². The lowest BCUT2D eigenvalue weighted by Gasteiger charge is -2.34. The number of anilines is 3. The van der Waals surface area contributed by atoms with Crippen molar-refractivity contribution in [1.29, 1.82) is 0 Å². The Hall–Kier alpha value is -4.01. The number of rotatable bonds is 6. The van der Waals surface area contributed by atoms with Gasteiger partial charge in [0, 0.05) is 60.1 Å². The van der Waals surface area contributed by atoms with Gasteiger partial charge in [0.15, 0.2) is 0 Å². The van der Waals surface area contributed by atoms with Crippen LogP contribution in [0.1, 0.15) is 5.56 Å². The van der Waals surface area contributed by atoms with Crippen LogP contribution in [0, 0.1) is 0 Å². The third-order valence-electron chi connectivity index (χ3n) is 6.85. The van der Waals surface area contributed by atoms with Crippen LogP contribution in [0.4, 0.5) is 17.3 Å². The van der Waals surface area contributed by atoms with Crippen molar-refractivity contribution in [2.24, 2.45) is 0 Å². The Morgan fingerprint density at radius 2 is 1.73 bits per heavy atom. The van der Waals surface area contributed by atoms with Crippen molar-refractivity contribution in [3.8, 4) is 10.4 Å². The molecule has 1 aliphatic rings. The van der Waals surface area contributed by atoms with Gasteiger partial charge in [-0.05, 0) is 60.0 Å². The minimum Gasteiger partial charge on any atom is -0.369 e. The Morgan fingerprint density at radius 1 is 0.919 bits per heavy atom. The van der Waals surface area contributed by atoms with E-state index in [1.54, 1.807) is 34.2 Å². The number of pyridine rings is 1. The second kappa shape index (κ2) is 10.2. The Labute approximate surface area is 219 Å². The molecule has 0 aliphatic carbocycles. The number of likely N-dealkylation sites (N-methyl/N-ethyl adjacent to an activating group) is 1. The monoisotopic (exact) mass is 508 g/mol. The summed E-state index contributed by atoms with van der Waals surface area (Å²) in [7, 11) is 2.16. The number of thiophene rings is 1. The molecule has 6 rings (SSSR count). The predicted octanol–water partition coefficient (Wildman–Crippen LogP) is 5.06. The molecule has 7 nitrogen and oxygen atoms in total. The fourth-order valence-corrected chi connectivity index (χ4v) is 5.52. The average Bonchev–Trinajstić information content (AvgIpc) is 3.47. The maximum atomic E-state index is 13.0. The molecule has 0 saturated carbocycles. The lowest BCUT2D eigenvalue weighted by Crippen LogP contribution is -2.44. The molecule has 186 valence electrons. The molecule has 0 unspecified atom stereocenters. The average molecular weight is 509 g/mol. The zero-order valence-corrected chi connectivity index (χ0v) is 21.5. The van der Waals surface area contributed by atoms with E-state index in [0.29, 0.717) is 18.1 Å². The normalized spacial score (nSPS) is 14.2. The van der Waals surface area contributed by atoms with Gasteiger partial charge in [0.1, 0.15) is 5.65 Å². The molecule has 0 amide bonds. The summed E-state index contributed by atoms with van der Waals surface area (Å²) in [5.74, 6) is 0.464. The summed E-state index contributed by atoms with van der Waals surface area (Å²) >= 11 is 1.69. The van der Waals surface area contributed by atoms with Gasteiger partial charge < -0.3 is 15.1 Å². The van der Waals surface area contributed by atoms with E-state index in [9.17, 15) is 4.79 Å². The van der Waals surface area contributed by atoms with Crippen molar-refractivity contribution in [1.82, 2.24) is 19.4 Å². The number of hydrogen-bond donors (Lipinski definition) is 1. The summed E-state index contributed by atoms with van der Waals surface area (Å²) in [6.07, 6.45) is 1.77. The second-order valence-electron chi connectivity index (χ2n) is 9.33. The fourth-order valence-electron chi connectivity index (χ4n) is 4.73. The first kappa shape index (κ1) is 23.4. The molecule has 0 bridgehead atoms. The van der Waals surface area contributed by atoms with Gasteiger partial charge in [-0.15, -0.1) is 11.3 Å². The van der Waals surface area contributed by atoms with Gasteiger partial charge in [-0.2, -0.15) is 4.98 Å². The molecular weight excluding hydrogens is 480 g/mol. The van der Waals surface area contributed by atoms with Crippen molar-refractivity contribution in [3.05, 3.63) is 100 Å². The van der Waals surface area contributed by atoms with Crippen molar-refractivity contribution in [2.75, 3.05) is 43.4 Å². The lowest BCUT2D eigenvalue weighted by atomic mass is 10.1. The van der Waals surface area contributed by atoms with Gasteiger partial charge in [-0.3, -0.25) is 9.36 Å². The summed E-state index contributed by atoms with van der Waals surface area (Å²) in [4.78, 5) is 28.2. The van der Waals surface area contributed by atoms with Crippen molar-refractivity contribution >= 4 is 39.7 Å². The lowest BCUT2D eigenvalue weighted by molar-refractivity contribution is 0.313. The minimum atomic E-state index is -0.0883. The molecule has 0 radical (unpaired) electrons. The van der Waals surface area contributed by atoms with E-state index >= 15 is 0 Å². The molecule has 3 aromatic heterocycles. The molecule has 0 spiro atoms. The molecule has 8 heteroatoms. The van der Waals surface area contributed by atoms with E-state index in [-0.39, 0.29) is 5.56 Å². The van der Waals surface area contributed by atoms with Crippen LogP contribution in [0.25, 0.3) is 21.5 Å². The van der Waals surface area contributed by atoms with Crippen LogP contribution in [-0.2, 0) is 6.54 Å². The van der Waals surface area contributed by atoms with Crippen molar-refractivity contribution in [2.45, 2.75) is 6.54 Å². The van der Waals surface area contributed by atoms with Crippen LogP contribution in [0.5, 0.6) is 0 Å². The van der Waals surface area contributed by atoms with Gasteiger partial charge in [0.25, 0.3) is 5.56 Å². The highest BCUT2D eigenvalue weighted by Crippen LogP contribution is 2.29. The zero-order chi connectivity index (χ0) is 25.2. The Kier molecular flexibility index (Phi) is 6.42. The fraction of sp³-hybridized carbons (Fsp3) is 0.207. The molecule has 5 aromatic rings. The van der Waals surface area contributed by atoms with Gasteiger partial charge in [-0.25, -0.2) is 4.98 Å². The van der Waals surface area contributed by atoms with E-state index < -0.39 is 0 Å². The number of nitrogens with one attached hydrogen (secondary N) is 1. The topological polar surface area (TPSA) is 66.3 Å². The number of piperazine rings is 1. The molecule has 1 fully saturated rings. The first-order chi connectivity index (χ1) is 18.1. The third kappa shape index (κ3) is 4.98. The Morgan fingerprint density at radius 3 is 2.51 bits per heavy atom. The van der Waals surface area contributed by atoms with Gasteiger partial charge >= 0.3 is 0 Å². The highest BCUT2D eigenvalue weighted by molar-refractivity contribution is 7.13. The van der Waals surface area contributed by atoms with Crippen molar-refractivity contribution in [3.63, 3.8) is 0 Å². The van der Waals surface area contributed by atoms with Crippen LogP contribution in [0.3, 0.4) is 0 Å². The van der Waals surface area contributed by atoms with Gasteiger partial charge in [0.05, 0.1) is 6.54 Å². The molecule has 1 N–H and O–H groups in total. The quantitative estimate of drug-likeness (QED) is 0.346. The molecule has 37 heavy (non-hydrogen) atoms. The summed E-state index contributed by atoms with van der Waals surface area (Å²) in [5, 5.41) is 6.21. The second-order valence-corrected chi connectivity index (χ2v) is 10.3. The van der Waals surface area contributed by atoms with Crippen LogP contribution < -0.4 is 15.8 Å². The smallest absolute Gasteiger partial charge is 0.252 e. The minimum absolute atomic E-state index is 0.0883. The highest BCUT2D eigenvalue weighted by atomic mass is 32.1. The van der Waals surface area contributed by atoms with E-state index in [0.717, 1.165) is 48.4 Å². The van der Waals surface area contributed by atoms with E-state index in [4.69, 9.17) is 4.98 Å². The van der Waals surface area contributed by atoms with E-state index in [1.165, 1.54) is 10.6 Å². The summed E-state index contributed by atoms with van der Waals surface area (Å²) in [5.41, 5.74) is 4.86. The van der Waals surface area contributed by atoms with Crippen LogP contribution in [-0.4, -0.2) is 52.7 Å². The molecule has 0 atom stereocenters. The number of nitrogens with zero attached hydrogens (tertiary/aromatic N) is 5. The highest BCUT2D eigenvalue weighted by Gasteiger charge is 2.15. The molecular formula is C29H28N6OS. The van der Waals surface area contributed by atoms with Crippen LogP contribution in [0.2, 0.25) is 0 Å². The first-order valence-corrected chi connectivity index (χ1v) is 13.3. The SMILES string of the molecule is CN1CCN(c2ccc(Nc3ncc4ccc(=O)n(Cc5ccccc5-c5cccs5)c4n3)cc2)CC1. The van der Waals surface area contributed by atoms with Crippen LogP contribution >= 0.6 is 11.3 Å². The van der Waals surface area contributed by atoms with Gasteiger partial charge in [0.2, 0.25) is 5.95 Å². The molecule has 1 saturated heterocycles. The summed E-state index contributed by atoms with van der Waals surface area (Å²) in [6, 6.07) is 24.1. The van der Waals surface area contributed by atoms with Crippen LogP contribution in [0.15, 0.2) is 89.2 Å². The number of aromatic nitrogens is 3. The Bertz CT molecular complexity index is 1570. The van der Waals surface area contributed by atoms with Crippen molar-refractivity contribution < 1.29 is 0 Å². The summed E-state index contributed by atoms with van der Waals surface area (Å²) < 4.78 is 1.73. The predicted molar refractivity (Wildman–Crippen MR) is 152 cm³/mol. The largest absolute Gasteiger partial charge is 0.369 e. The zero-order valence-electron chi connectivity index (χ0n) is 20.7. The number of benzene rings is 2. The number of hydrogen-bond acceptors (Lipinski definition) is 7. The maximum Gasteiger partial charge on any atom is 0.252 e. The van der Waals surface area contributed by atoms with E-state index in [1.807, 2.05) is 18.2 Å². The first-order valence-electron chi connectivity index (χ1n) is 12.4. The third-order valence-corrected chi connectivity index (χ3v) is 7.75. The molecule has 4 heterocycles. The van der Waals surface area contributed by atoms with Gasteiger partial charge in [-0.1, -0.05) is 30.3 Å².